The molecule has 3 N–H and O–H groups in total. The molecule has 0 aromatic heterocycles. The van der Waals surface area contributed by atoms with Crippen molar-refractivity contribution >= 4 is 11.8 Å². The predicted molar refractivity (Wildman–Crippen MR) is 148 cm³/mol. The van der Waals surface area contributed by atoms with Gasteiger partial charge in [-0.1, -0.05) is 63.3 Å². The topological polar surface area (TPSA) is 144 Å². The molecular formula is C32H40O10. The van der Waals surface area contributed by atoms with Crippen molar-refractivity contribution in [3.05, 3.63) is 60.3 Å². The summed E-state index contributed by atoms with van der Waals surface area (Å²) in [6.07, 6.45) is 10.0. The highest BCUT2D eigenvalue weighted by Crippen LogP contribution is 2.73. The second-order valence-electron chi connectivity index (χ2n) is 12.6. The number of Topliss-reactive ketones (excluding diaryl/α,β-unsaturated/α-hetero) is 1. The molecule has 12 atom stereocenters. The van der Waals surface area contributed by atoms with Crippen LogP contribution in [-0.4, -0.2) is 86.5 Å². The Morgan fingerprint density at radius 2 is 1.86 bits per heavy atom. The maximum atomic E-state index is 13.6. The quantitative estimate of drug-likeness (QED) is 0.168. The van der Waals surface area contributed by atoms with Crippen molar-refractivity contribution in [2.75, 3.05) is 6.61 Å². The normalized spacial score (nSPS) is 50.1. The second-order valence-corrected chi connectivity index (χ2v) is 12.6. The van der Waals surface area contributed by atoms with Gasteiger partial charge in [-0.05, 0) is 31.4 Å². The lowest BCUT2D eigenvalue weighted by molar-refractivity contribution is -0.407. The molecule has 0 aromatic carbocycles. The molecule has 0 aromatic rings. The molecule has 3 heterocycles. The molecular weight excluding hydrogens is 544 g/mol. The molecule has 3 saturated heterocycles. The Morgan fingerprint density at radius 3 is 2.50 bits per heavy atom. The molecule has 0 spiro atoms. The zero-order valence-electron chi connectivity index (χ0n) is 24.6. The average Bonchev–Trinajstić information content (AvgIpc) is 3.57. The summed E-state index contributed by atoms with van der Waals surface area (Å²) in [4.78, 5) is 26.2. The monoisotopic (exact) mass is 584 g/mol. The van der Waals surface area contributed by atoms with Crippen molar-refractivity contribution < 1.29 is 48.6 Å². The largest absolute Gasteiger partial charge is 0.459 e. The lowest BCUT2D eigenvalue weighted by Crippen LogP contribution is -2.76. The third-order valence-corrected chi connectivity index (χ3v) is 10.3. The number of unbranched alkanes of at least 4 members (excludes halogenated alkanes) is 1. The Hall–Kier alpha value is -2.44. The molecule has 228 valence electrons. The van der Waals surface area contributed by atoms with E-state index in [1.165, 1.54) is 6.92 Å². The first-order chi connectivity index (χ1) is 19.8. The number of esters is 1. The Morgan fingerprint density at radius 1 is 1.14 bits per heavy atom. The first-order valence-corrected chi connectivity index (χ1v) is 14.7. The maximum Gasteiger partial charge on any atom is 0.307 e. The Kier molecular flexibility index (Phi) is 6.72. The van der Waals surface area contributed by atoms with Crippen LogP contribution in [0.15, 0.2) is 60.3 Å². The summed E-state index contributed by atoms with van der Waals surface area (Å²) in [5, 5.41) is 34.4. The summed E-state index contributed by atoms with van der Waals surface area (Å²) in [6, 6.07) is 0. The first-order valence-electron chi connectivity index (χ1n) is 14.7. The second kappa shape index (κ2) is 9.53. The Labute approximate surface area is 245 Å². The van der Waals surface area contributed by atoms with Gasteiger partial charge in [0.2, 0.25) is 0 Å². The molecule has 0 radical (unpaired) electrons. The van der Waals surface area contributed by atoms with Crippen LogP contribution in [0.1, 0.15) is 47.5 Å². The van der Waals surface area contributed by atoms with Gasteiger partial charge in [0.25, 0.3) is 0 Å². The van der Waals surface area contributed by atoms with Crippen molar-refractivity contribution in [2.24, 2.45) is 17.8 Å². The summed E-state index contributed by atoms with van der Waals surface area (Å²) < 4.78 is 32.3. The van der Waals surface area contributed by atoms with E-state index in [1.54, 1.807) is 38.2 Å². The number of carbonyl (C=O) groups is 2. The number of fused-ring (bicyclic) bond motifs is 3. The molecule has 6 rings (SSSR count). The lowest BCUT2D eigenvalue weighted by Gasteiger charge is -2.61. The average molecular weight is 585 g/mol. The highest BCUT2D eigenvalue weighted by molar-refractivity contribution is 6.05. The predicted octanol–water partition coefficient (Wildman–Crippen LogP) is 2.19. The molecule has 42 heavy (non-hydrogen) atoms. The number of aliphatic hydroxyl groups is 3. The summed E-state index contributed by atoms with van der Waals surface area (Å²) in [5.41, 5.74) is -6.19. The first kappa shape index (κ1) is 29.6. The van der Waals surface area contributed by atoms with E-state index in [2.05, 4.69) is 19.6 Å². The van der Waals surface area contributed by atoms with Crippen LogP contribution in [0, 0.1) is 17.8 Å². The molecule has 10 nitrogen and oxygen atoms in total. The fourth-order valence-corrected chi connectivity index (χ4v) is 8.45. The SMILES string of the molecule is C=C(C)[C@@]12O[C@]3(/C=C/C=C\C=C\CCC)O[C@@H]1[C@@H]1[C@@H]4O[C@]4(CO)[C@@H](O)[C@]4(O)C(=O)C(C)=C[C@H]4[C@@]1(O3)[C@H](C)[C@H]2OC(C)=O. The molecule has 6 aliphatic rings. The fourth-order valence-electron chi connectivity index (χ4n) is 8.45. The van der Waals surface area contributed by atoms with Gasteiger partial charge in [0.05, 0.1) is 12.2 Å². The van der Waals surface area contributed by atoms with Gasteiger partial charge < -0.3 is 39.0 Å². The van der Waals surface area contributed by atoms with Gasteiger partial charge in [0.1, 0.15) is 30.0 Å². The van der Waals surface area contributed by atoms with Crippen molar-refractivity contribution in [3.8, 4) is 0 Å². The summed E-state index contributed by atoms with van der Waals surface area (Å²) in [6.45, 7) is 12.1. The summed E-state index contributed by atoms with van der Waals surface area (Å²) >= 11 is 0. The lowest BCUT2D eigenvalue weighted by atomic mass is 9.53. The van der Waals surface area contributed by atoms with Crippen LogP contribution >= 0.6 is 0 Å². The number of aliphatic hydroxyl groups excluding tert-OH is 2. The van der Waals surface area contributed by atoms with Gasteiger partial charge in [-0.2, -0.15) is 0 Å². The molecule has 3 bridgehead atoms. The van der Waals surface area contributed by atoms with E-state index in [0.717, 1.165) is 12.8 Å². The number of hydrogen-bond acceptors (Lipinski definition) is 10. The zero-order valence-corrected chi connectivity index (χ0v) is 24.6. The van der Waals surface area contributed by atoms with E-state index in [-0.39, 0.29) is 5.57 Å². The highest BCUT2D eigenvalue weighted by atomic mass is 16.9. The molecule has 0 unspecified atom stereocenters. The molecule has 2 saturated carbocycles. The van der Waals surface area contributed by atoms with Crippen LogP contribution in [0.4, 0.5) is 0 Å². The number of allylic oxidation sites excluding steroid dienone is 5. The molecule has 3 aliphatic heterocycles. The van der Waals surface area contributed by atoms with Crippen molar-refractivity contribution in [1.82, 2.24) is 0 Å². The van der Waals surface area contributed by atoms with Crippen LogP contribution in [-0.2, 0) is 33.3 Å². The van der Waals surface area contributed by atoms with E-state index < -0.39 is 88.9 Å². The minimum atomic E-state index is -2.39. The van der Waals surface area contributed by atoms with Crippen LogP contribution in [0.2, 0.25) is 0 Å². The minimum Gasteiger partial charge on any atom is -0.459 e. The number of carbonyl (C=O) groups excluding carboxylic acids is 2. The Balaban J connectivity index is 1.57. The molecule has 5 fully saturated rings. The summed E-state index contributed by atoms with van der Waals surface area (Å²) in [5.74, 6) is -5.65. The van der Waals surface area contributed by atoms with Crippen molar-refractivity contribution in [3.63, 3.8) is 0 Å². The van der Waals surface area contributed by atoms with E-state index >= 15 is 0 Å². The van der Waals surface area contributed by atoms with Crippen LogP contribution in [0.25, 0.3) is 0 Å². The number of rotatable bonds is 8. The van der Waals surface area contributed by atoms with Crippen molar-refractivity contribution in [2.45, 2.75) is 100 Å². The fraction of sp³-hybridized carbons (Fsp3) is 0.625. The van der Waals surface area contributed by atoms with E-state index in [0.29, 0.717) is 5.57 Å². The van der Waals surface area contributed by atoms with Gasteiger partial charge in [-0.3, -0.25) is 9.59 Å². The van der Waals surface area contributed by atoms with Gasteiger partial charge in [-0.25, -0.2) is 0 Å². The Bertz CT molecular complexity index is 1330. The van der Waals surface area contributed by atoms with Gasteiger partial charge in [0, 0.05) is 30.8 Å². The van der Waals surface area contributed by atoms with E-state index in [4.69, 9.17) is 23.7 Å². The number of ketones is 1. The zero-order chi connectivity index (χ0) is 30.5. The highest BCUT2D eigenvalue weighted by Gasteiger charge is 2.90. The van der Waals surface area contributed by atoms with Crippen LogP contribution < -0.4 is 0 Å². The van der Waals surface area contributed by atoms with Gasteiger partial charge >= 0.3 is 11.9 Å². The van der Waals surface area contributed by atoms with Crippen LogP contribution in [0.3, 0.4) is 0 Å². The van der Waals surface area contributed by atoms with Crippen molar-refractivity contribution in [1.29, 1.82) is 0 Å². The molecule has 0 amide bonds. The number of ether oxygens (including phenoxy) is 5. The molecule has 3 aliphatic carbocycles. The summed E-state index contributed by atoms with van der Waals surface area (Å²) in [7, 11) is 0. The van der Waals surface area contributed by atoms with E-state index in [9.17, 15) is 24.9 Å². The molecule has 10 heteroatoms. The minimum absolute atomic E-state index is 0.240. The smallest absolute Gasteiger partial charge is 0.307 e. The van der Waals surface area contributed by atoms with E-state index in [1.807, 2.05) is 19.1 Å². The number of epoxide rings is 1. The van der Waals surface area contributed by atoms with Gasteiger partial charge in [0.15, 0.2) is 17.0 Å². The van der Waals surface area contributed by atoms with Crippen LogP contribution in [0.5, 0.6) is 0 Å². The van der Waals surface area contributed by atoms with Gasteiger partial charge in [-0.15, -0.1) is 0 Å². The number of hydrogen-bond donors (Lipinski definition) is 3. The standard InChI is InChI=1S/C32H40O10/c1-7-8-9-10-11-12-13-14-29-40-26-22-25-28(16-33,39-25)27(36)30(37)21(15-18(4)23(30)35)32(22,42-29)19(5)24(38-20(6)34)31(26,41-29)17(2)3/h9-15,19,21-22,24-27,33,36-37H,2,7-8,16H2,1,3-6H3/b10-9+,12-11-,14-13+/t19-,21-,22+,24-,25+,26-,27-,28+,29+,30-,31+,32+/m1/s1. The maximum absolute atomic E-state index is 13.6. The third kappa shape index (κ3) is 3.45. The third-order valence-electron chi connectivity index (χ3n) is 10.3.